The molecule has 0 radical (unpaired) electrons. The minimum absolute atomic E-state index is 0.116. The third kappa shape index (κ3) is 31.3. The second-order valence-corrected chi connectivity index (χ2v) is 16.6. The maximum absolute atomic E-state index is 12.8. The van der Waals surface area contributed by atoms with E-state index in [1.54, 1.807) is 0 Å². The van der Waals surface area contributed by atoms with Crippen LogP contribution in [0, 0.1) is 0 Å². The lowest BCUT2D eigenvalue weighted by molar-refractivity contribution is -0.305. The standard InChI is InChI=1S/C49H90O9/c1-3-5-7-9-11-13-15-17-19-21-22-23-24-26-28-30-32-34-36-38-45(51)57-43(42-56-49-48(54)47(53)46(52)44(40-50)58-49)41-55-39-37-35-33-31-29-27-25-20-18-16-14-12-10-8-6-4-2/h11,13,17,19,22-23,43-44,46-50,52-54H,3-10,12,14-16,18,20-21,24-42H2,1-2H3/b13-11-,19-17-,23-22-. The predicted octanol–water partition coefficient (Wildman–Crippen LogP) is 11.1. The molecule has 9 heteroatoms. The van der Waals surface area contributed by atoms with E-state index in [-0.39, 0.29) is 19.2 Å². The molecule has 1 saturated heterocycles. The number of rotatable bonds is 41. The average Bonchev–Trinajstić information content (AvgIpc) is 3.22. The molecule has 9 nitrogen and oxygen atoms in total. The van der Waals surface area contributed by atoms with Crippen molar-refractivity contribution in [1.82, 2.24) is 0 Å². The van der Waals surface area contributed by atoms with E-state index in [0.29, 0.717) is 13.0 Å². The first-order chi connectivity index (χ1) is 28.4. The smallest absolute Gasteiger partial charge is 0.306 e. The highest BCUT2D eigenvalue weighted by Crippen LogP contribution is 2.23. The van der Waals surface area contributed by atoms with E-state index in [1.165, 1.54) is 128 Å². The van der Waals surface area contributed by atoms with Gasteiger partial charge in [0.05, 0.1) is 19.8 Å². The van der Waals surface area contributed by atoms with Gasteiger partial charge >= 0.3 is 5.97 Å². The fraction of sp³-hybridized carbons (Fsp3) is 0.857. The maximum Gasteiger partial charge on any atom is 0.306 e. The van der Waals surface area contributed by atoms with Crippen molar-refractivity contribution in [3.8, 4) is 0 Å². The first kappa shape index (κ1) is 54.4. The number of unbranched alkanes of at least 4 members (excludes halogenated alkanes) is 24. The van der Waals surface area contributed by atoms with Crippen LogP contribution in [-0.4, -0.2) is 89.6 Å². The SMILES string of the molecule is CCCCC/C=C\C/C=C\C/C=C\CCCCCCCCC(=O)OC(COCCCCCCCCCCCCCCCCCC)COC1OC(CO)C(O)C(O)C1O. The van der Waals surface area contributed by atoms with Crippen molar-refractivity contribution in [2.24, 2.45) is 0 Å². The number of ether oxygens (including phenoxy) is 4. The van der Waals surface area contributed by atoms with Crippen molar-refractivity contribution in [1.29, 1.82) is 0 Å². The zero-order valence-electron chi connectivity index (χ0n) is 37.3. The molecule has 0 bridgehead atoms. The van der Waals surface area contributed by atoms with Gasteiger partial charge in [0.25, 0.3) is 0 Å². The van der Waals surface area contributed by atoms with Crippen LogP contribution < -0.4 is 0 Å². The summed E-state index contributed by atoms with van der Waals surface area (Å²) < 4.78 is 22.8. The summed E-state index contributed by atoms with van der Waals surface area (Å²) in [5.41, 5.74) is 0. The molecule has 58 heavy (non-hydrogen) atoms. The van der Waals surface area contributed by atoms with Crippen LogP contribution in [0.4, 0.5) is 0 Å². The highest BCUT2D eigenvalue weighted by molar-refractivity contribution is 5.69. The molecule has 0 amide bonds. The topological polar surface area (TPSA) is 135 Å². The molecule has 340 valence electrons. The van der Waals surface area contributed by atoms with Crippen molar-refractivity contribution >= 4 is 5.97 Å². The Morgan fingerprint density at radius 3 is 1.53 bits per heavy atom. The summed E-state index contributed by atoms with van der Waals surface area (Å²) in [6.45, 7) is 4.54. The zero-order chi connectivity index (χ0) is 42.2. The van der Waals surface area contributed by atoms with Crippen LogP contribution in [0.2, 0.25) is 0 Å². The van der Waals surface area contributed by atoms with Crippen LogP contribution in [0.3, 0.4) is 0 Å². The van der Waals surface area contributed by atoms with E-state index in [1.807, 2.05) is 0 Å². The van der Waals surface area contributed by atoms with Gasteiger partial charge in [0.1, 0.15) is 30.5 Å². The molecule has 0 saturated carbocycles. The first-order valence-electron chi connectivity index (χ1n) is 24.1. The molecule has 0 aromatic carbocycles. The van der Waals surface area contributed by atoms with Gasteiger partial charge in [0.2, 0.25) is 0 Å². The number of aliphatic hydroxyl groups is 4. The molecular weight excluding hydrogens is 733 g/mol. The van der Waals surface area contributed by atoms with E-state index in [2.05, 4.69) is 50.3 Å². The van der Waals surface area contributed by atoms with Crippen molar-refractivity contribution in [3.63, 3.8) is 0 Å². The molecule has 0 aromatic rings. The molecule has 4 N–H and O–H groups in total. The fourth-order valence-corrected chi connectivity index (χ4v) is 7.26. The molecule has 1 aliphatic heterocycles. The Kier molecular flexibility index (Phi) is 38.3. The minimum atomic E-state index is -1.54. The maximum atomic E-state index is 12.8. The number of aliphatic hydroxyl groups excluding tert-OH is 4. The Morgan fingerprint density at radius 1 is 0.552 bits per heavy atom. The molecule has 1 fully saturated rings. The van der Waals surface area contributed by atoms with E-state index >= 15 is 0 Å². The minimum Gasteiger partial charge on any atom is -0.457 e. The number of esters is 1. The summed E-state index contributed by atoms with van der Waals surface area (Å²) in [6, 6.07) is 0. The van der Waals surface area contributed by atoms with Crippen LogP contribution in [-0.2, 0) is 23.7 Å². The van der Waals surface area contributed by atoms with Gasteiger partial charge in [-0.15, -0.1) is 0 Å². The molecule has 0 aromatic heterocycles. The second-order valence-electron chi connectivity index (χ2n) is 16.6. The average molecular weight is 823 g/mol. The largest absolute Gasteiger partial charge is 0.457 e. The summed E-state index contributed by atoms with van der Waals surface area (Å²) in [5.74, 6) is -0.324. The molecule has 1 aliphatic rings. The van der Waals surface area contributed by atoms with Gasteiger partial charge < -0.3 is 39.4 Å². The zero-order valence-corrected chi connectivity index (χ0v) is 37.3. The van der Waals surface area contributed by atoms with Gasteiger partial charge in [0.15, 0.2) is 6.29 Å². The van der Waals surface area contributed by atoms with E-state index in [9.17, 15) is 25.2 Å². The molecule has 6 unspecified atom stereocenters. The third-order valence-electron chi connectivity index (χ3n) is 11.1. The Morgan fingerprint density at radius 2 is 1.00 bits per heavy atom. The highest BCUT2D eigenvalue weighted by Gasteiger charge is 2.44. The van der Waals surface area contributed by atoms with Crippen LogP contribution >= 0.6 is 0 Å². The lowest BCUT2D eigenvalue weighted by atomic mass is 9.99. The number of allylic oxidation sites excluding steroid dienone is 6. The summed E-state index contributed by atoms with van der Waals surface area (Å²) in [7, 11) is 0. The first-order valence-corrected chi connectivity index (χ1v) is 24.1. The summed E-state index contributed by atoms with van der Waals surface area (Å²) in [6.07, 6.45) is 41.6. The Bertz CT molecular complexity index is 983. The van der Waals surface area contributed by atoms with Crippen LogP contribution in [0.15, 0.2) is 36.5 Å². The van der Waals surface area contributed by atoms with Gasteiger partial charge in [-0.1, -0.05) is 185 Å². The Balaban J connectivity index is 2.25. The number of hydrogen-bond acceptors (Lipinski definition) is 9. The lowest BCUT2D eigenvalue weighted by Crippen LogP contribution is -2.59. The van der Waals surface area contributed by atoms with Crippen molar-refractivity contribution < 1.29 is 44.2 Å². The highest BCUT2D eigenvalue weighted by atomic mass is 16.7. The summed E-state index contributed by atoms with van der Waals surface area (Å²) in [5, 5.41) is 40.2. The molecule has 0 aliphatic carbocycles. The van der Waals surface area contributed by atoms with Gasteiger partial charge in [-0.25, -0.2) is 0 Å². The predicted molar refractivity (Wildman–Crippen MR) is 238 cm³/mol. The number of hydrogen-bond donors (Lipinski definition) is 4. The van der Waals surface area contributed by atoms with Gasteiger partial charge in [-0.2, -0.15) is 0 Å². The normalized spacial score (nSPS) is 20.6. The third-order valence-corrected chi connectivity index (χ3v) is 11.1. The fourth-order valence-electron chi connectivity index (χ4n) is 7.26. The lowest BCUT2D eigenvalue weighted by Gasteiger charge is -2.39. The Labute approximate surface area is 355 Å². The van der Waals surface area contributed by atoms with Gasteiger partial charge in [-0.05, 0) is 51.4 Å². The van der Waals surface area contributed by atoms with Crippen LogP contribution in [0.25, 0.3) is 0 Å². The molecule has 1 rings (SSSR count). The monoisotopic (exact) mass is 823 g/mol. The van der Waals surface area contributed by atoms with Crippen molar-refractivity contribution in [2.45, 2.75) is 243 Å². The quantitative estimate of drug-likeness (QED) is 0.0270. The van der Waals surface area contributed by atoms with E-state index in [0.717, 1.165) is 57.8 Å². The van der Waals surface area contributed by atoms with Crippen molar-refractivity contribution in [3.05, 3.63) is 36.5 Å². The molecular formula is C49H90O9. The summed E-state index contributed by atoms with van der Waals surface area (Å²) in [4.78, 5) is 12.8. The number of carbonyl (C=O) groups excluding carboxylic acids is 1. The summed E-state index contributed by atoms with van der Waals surface area (Å²) >= 11 is 0. The molecule has 1 heterocycles. The van der Waals surface area contributed by atoms with Gasteiger partial charge in [0, 0.05) is 13.0 Å². The van der Waals surface area contributed by atoms with Crippen LogP contribution in [0.1, 0.15) is 206 Å². The van der Waals surface area contributed by atoms with Gasteiger partial charge in [-0.3, -0.25) is 4.79 Å². The van der Waals surface area contributed by atoms with Crippen molar-refractivity contribution in [2.75, 3.05) is 26.4 Å². The number of carbonyl (C=O) groups is 1. The van der Waals surface area contributed by atoms with E-state index in [4.69, 9.17) is 18.9 Å². The molecule has 0 spiro atoms. The van der Waals surface area contributed by atoms with Crippen LogP contribution in [0.5, 0.6) is 0 Å². The van der Waals surface area contributed by atoms with E-state index < -0.39 is 43.4 Å². The second kappa shape index (κ2) is 40.8. The molecule has 6 atom stereocenters. The Hall–Kier alpha value is -1.59.